The largest absolute Gasteiger partial charge is 0.339 e. The van der Waals surface area contributed by atoms with E-state index in [9.17, 15) is 4.79 Å². The molecule has 7 heteroatoms. The third-order valence-electron chi connectivity index (χ3n) is 5.22. The SMILES string of the molecule is CCc1nc(C2CCN(C(=O)c3cnn(-c4ccccc4C)c3)CC2)n[nH]1. The molecule has 0 aliphatic carbocycles. The van der Waals surface area contributed by atoms with Gasteiger partial charge in [-0.25, -0.2) is 9.67 Å². The second-order valence-electron chi connectivity index (χ2n) is 7.02. The average Bonchev–Trinajstić information content (AvgIpc) is 3.38. The maximum atomic E-state index is 12.9. The molecule has 3 heterocycles. The molecular formula is C20H24N6O. The molecule has 1 aliphatic heterocycles. The molecule has 1 N–H and O–H groups in total. The summed E-state index contributed by atoms with van der Waals surface area (Å²) >= 11 is 0. The van der Waals surface area contributed by atoms with Gasteiger partial charge in [-0.2, -0.15) is 10.2 Å². The van der Waals surface area contributed by atoms with Gasteiger partial charge in [-0.3, -0.25) is 9.89 Å². The fourth-order valence-corrected chi connectivity index (χ4v) is 3.56. The minimum atomic E-state index is 0.0394. The van der Waals surface area contributed by atoms with Crippen LogP contribution < -0.4 is 0 Å². The van der Waals surface area contributed by atoms with Crippen molar-refractivity contribution in [2.24, 2.45) is 0 Å². The number of amides is 1. The van der Waals surface area contributed by atoms with Crippen LogP contribution in [0.2, 0.25) is 0 Å². The van der Waals surface area contributed by atoms with Crippen LogP contribution in [0.5, 0.6) is 0 Å². The summed E-state index contributed by atoms with van der Waals surface area (Å²) in [6, 6.07) is 8.01. The molecule has 0 spiro atoms. The highest BCUT2D eigenvalue weighted by atomic mass is 16.2. The number of carbonyl (C=O) groups excluding carboxylic acids is 1. The molecule has 1 amide bonds. The van der Waals surface area contributed by atoms with E-state index in [1.165, 1.54) is 0 Å². The topological polar surface area (TPSA) is 79.7 Å². The van der Waals surface area contributed by atoms with Crippen LogP contribution in [-0.4, -0.2) is 48.9 Å². The van der Waals surface area contributed by atoms with Crippen molar-refractivity contribution in [1.82, 2.24) is 29.9 Å². The second kappa shape index (κ2) is 7.34. The van der Waals surface area contributed by atoms with Crippen molar-refractivity contribution in [3.63, 3.8) is 0 Å². The summed E-state index contributed by atoms with van der Waals surface area (Å²) in [5.74, 6) is 2.16. The Labute approximate surface area is 158 Å². The van der Waals surface area contributed by atoms with Crippen LogP contribution in [0.4, 0.5) is 0 Å². The molecular weight excluding hydrogens is 340 g/mol. The fourth-order valence-electron chi connectivity index (χ4n) is 3.56. The van der Waals surface area contributed by atoms with Gasteiger partial charge in [-0.15, -0.1) is 0 Å². The number of hydrogen-bond acceptors (Lipinski definition) is 4. The maximum absolute atomic E-state index is 12.9. The molecule has 7 nitrogen and oxygen atoms in total. The highest BCUT2D eigenvalue weighted by Gasteiger charge is 2.27. The number of nitrogens with zero attached hydrogens (tertiary/aromatic N) is 5. The number of aryl methyl sites for hydroxylation is 2. The molecule has 1 aliphatic rings. The predicted octanol–water partition coefficient (Wildman–Crippen LogP) is 2.88. The number of piperidine rings is 1. The predicted molar refractivity (Wildman–Crippen MR) is 102 cm³/mol. The first-order valence-electron chi connectivity index (χ1n) is 9.47. The van der Waals surface area contributed by atoms with Crippen molar-refractivity contribution >= 4 is 5.91 Å². The summed E-state index contributed by atoms with van der Waals surface area (Å²) in [6.07, 6.45) is 6.11. The molecule has 1 saturated heterocycles. The summed E-state index contributed by atoms with van der Waals surface area (Å²) in [4.78, 5) is 19.3. The first kappa shape index (κ1) is 17.5. The van der Waals surface area contributed by atoms with Gasteiger partial charge in [0.1, 0.15) is 5.82 Å². The van der Waals surface area contributed by atoms with Gasteiger partial charge < -0.3 is 4.90 Å². The quantitative estimate of drug-likeness (QED) is 0.772. The molecule has 0 unspecified atom stereocenters. The van der Waals surface area contributed by atoms with Crippen molar-refractivity contribution in [2.45, 2.75) is 39.0 Å². The zero-order chi connectivity index (χ0) is 18.8. The molecule has 27 heavy (non-hydrogen) atoms. The lowest BCUT2D eigenvalue weighted by atomic mass is 9.96. The first-order chi connectivity index (χ1) is 13.2. The van der Waals surface area contributed by atoms with Crippen LogP contribution in [0, 0.1) is 6.92 Å². The number of para-hydroxylation sites is 1. The van der Waals surface area contributed by atoms with E-state index < -0.39 is 0 Å². The van der Waals surface area contributed by atoms with Gasteiger partial charge in [0.15, 0.2) is 5.82 Å². The number of H-pyrrole nitrogens is 1. The number of likely N-dealkylation sites (tertiary alicyclic amines) is 1. The number of benzene rings is 1. The highest BCUT2D eigenvalue weighted by Crippen LogP contribution is 2.26. The van der Waals surface area contributed by atoms with Crippen LogP contribution in [0.15, 0.2) is 36.7 Å². The van der Waals surface area contributed by atoms with E-state index in [2.05, 4.69) is 27.2 Å². The molecule has 1 aromatic carbocycles. The van der Waals surface area contributed by atoms with Crippen molar-refractivity contribution in [2.75, 3.05) is 13.1 Å². The fraction of sp³-hybridized carbons (Fsp3) is 0.400. The van der Waals surface area contributed by atoms with E-state index in [-0.39, 0.29) is 5.91 Å². The van der Waals surface area contributed by atoms with Crippen LogP contribution in [0.25, 0.3) is 5.69 Å². The summed E-state index contributed by atoms with van der Waals surface area (Å²) in [7, 11) is 0. The zero-order valence-electron chi connectivity index (χ0n) is 15.7. The molecule has 4 rings (SSSR count). The third-order valence-corrected chi connectivity index (χ3v) is 5.22. The Morgan fingerprint density at radius 2 is 2.04 bits per heavy atom. The number of rotatable bonds is 4. The first-order valence-corrected chi connectivity index (χ1v) is 9.47. The van der Waals surface area contributed by atoms with Crippen LogP contribution in [-0.2, 0) is 6.42 Å². The van der Waals surface area contributed by atoms with Gasteiger partial charge in [0.2, 0.25) is 0 Å². The number of aromatic amines is 1. The van der Waals surface area contributed by atoms with Gasteiger partial charge in [0, 0.05) is 31.6 Å². The van der Waals surface area contributed by atoms with Crippen molar-refractivity contribution < 1.29 is 4.79 Å². The molecule has 1 fully saturated rings. The van der Waals surface area contributed by atoms with Crippen LogP contribution in [0.1, 0.15) is 53.3 Å². The Bertz CT molecular complexity index is 935. The normalized spacial score (nSPS) is 15.3. The van der Waals surface area contributed by atoms with Crippen LogP contribution in [0.3, 0.4) is 0 Å². The molecule has 0 saturated carbocycles. The van der Waals surface area contributed by atoms with Gasteiger partial charge in [0.25, 0.3) is 5.91 Å². The number of hydrogen-bond donors (Lipinski definition) is 1. The summed E-state index contributed by atoms with van der Waals surface area (Å²) in [5, 5.41) is 11.7. The number of nitrogens with one attached hydrogen (secondary N) is 1. The Kier molecular flexibility index (Phi) is 4.75. The molecule has 140 valence electrons. The molecule has 2 aromatic heterocycles. The lowest BCUT2D eigenvalue weighted by molar-refractivity contribution is 0.0711. The molecule has 0 bridgehead atoms. The number of aromatic nitrogens is 5. The minimum Gasteiger partial charge on any atom is -0.339 e. The molecule has 0 radical (unpaired) electrons. The molecule has 3 aromatic rings. The minimum absolute atomic E-state index is 0.0394. The summed E-state index contributed by atoms with van der Waals surface area (Å²) < 4.78 is 1.77. The van der Waals surface area contributed by atoms with E-state index in [0.29, 0.717) is 11.5 Å². The van der Waals surface area contributed by atoms with Gasteiger partial charge >= 0.3 is 0 Å². The molecule has 0 atom stereocenters. The van der Waals surface area contributed by atoms with Gasteiger partial charge in [0.05, 0.1) is 17.4 Å². The standard InChI is InChI=1S/C20H24N6O/c1-3-18-22-19(24-23-18)15-8-10-25(11-9-15)20(27)16-12-21-26(13-16)17-7-5-4-6-14(17)2/h4-7,12-13,15H,3,8-11H2,1-2H3,(H,22,23,24). The lowest BCUT2D eigenvalue weighted by Gasteiger charge is -2.30. The zero-order valence-corrected chi connectivity index (χ0v) is 15.7. The smallest absolute Gasteiger partial charge is 0.257 e. The maximum Gasteiger partial charge on any atom is 0.257 e. The lowest BCUT2D eigenvalue weighted by Crippen LogP contribution is -2.38. The van der Waals surface area contributed by atoms with E-state index in [1.54, 1.807) is 10.9 Å². The van der Waals surface area contributed by atoms with Gasteiger partial charge in [-0.05, 0) is 31.4 Å². The summed E-state index contributed by atoms with van der Waals surface area (Å²) in [6.45, 7) is 5.53. The van der Waals surface area contributed by atoms with Crippen molar-refractivity contribution in [1.29, 1.82) is 0 Å². The van der Waals surface area contributed by atoms with Gasteiger partial charge in [-0.1, -0.05) is 25.1 Å². The number of carbonyl (C=O) groups is 1. The van der Waals surface area contributed by atoms with E-state index in [1.807, 2.05) is 42.3 Å². The van der Waals surface area contributed by atoms with Crippen LogP contribution >= 0.6 is 0 Å². The van der Waals surface area contributed by atoms with E-state index in [0.717, 1.165) is 55.3 Å². The third kappa shape index (κ3) is 3.49. The monoisotopic (exact) mass is 364 g/mol. The summed E-state index contributed by atoms with van der Waals surface area (Å²) in [5.41, 5.74) is 2.74. The Hall–Kier alpha value is -2.96. The van der Waals surface area contributed by atoms with Crippen molar-refractivity contribution in [3.05, 3.63) is 59.4 Å². The van der Waals surface area contributed by atoms with Crippen molar-refractivity contribution in [3.8, 4) is 5.69 Å². The highest BCUT2D eigenvalue weighted by molar-refractivity contribution is 5.93. The Morgan fingerprint density at radius 3 is 2.74 bits per heavy atom. The van der Waals surface area contributed by atoms with E-state index >= 15 is 0 Å². The average molecular weight is 364 g/mol. The second-order valence-corrected chi connectivity index (χ2v) is 7.02. The van der Waals surface area contributed by atoms with E-state index in [4.69, 9.17) is 0 Å². The Balaban J connectivity index is 1.42. The Morgan fingerprint density at radius 1 is 1.26 bits per heavy atom.